The molecule has 0 fully saturated rings. The first kappa shape index (κ1) is 23.1. The highest BCUT2D eigenvalue weighted by Crippen LogP contribution is 2.42. The molecule has 9 aromatic rings. The van der Waals surface area contributed by atoms with Crippen molar-refractivity contribution < 1.29 is 0 Å². The van der Waals surface area contributed by atoms with Crippen LogP contribution in [0.1, 0.15) is 0 Å². The van der Waals surface area contributed by atoms with Gasteiger partial charge in [0.1, 0.15) is 0 Å². The van der Waals surface area contributed by atoms with Gasteiger partial charge in [-0.05, 0) is 58.1 Å². The topological polar surface area (TPSA) is 9.86 Å². The molecule has 0 spiro atoms. The minimum Gasteiger partial charge on any atom is -0.309 e. The molecule has 0 saturated heterocycles. The van der Waals surface area contributed by atoms with Gasteiger partial charge < -0.3 is 9.13 Å². The lowest BCUT2D eigenvalue weighted by molar-refractivity contribution is 1.13. The van der Waals surface area contributed by atoms with Crippen LogP contribution in [0.2, 0.25) is 0 Å². The maximum atomic E-state index is 2.51. The Bertz CT molecular complexity index is 2440. The summed E-state index contributed by atoms with van der Waals surface area (Å²) < 4.78 is 4.91. The van der Waals surface area contributed by atoms with E-state index in [1.54, 1.807) is 0 Å². The molecule has 7 aromatic carbocycles. The first-order valence-electron chi connectivity index (χ1n) is 14.5. The molecule has 2 heterocycles. The van der Waals surface area contributed by atoms with Crippen LogP contribution in [0.25, 0.3) is 76.9 Å². The molecule has 0 unspecified atom stereocenters. The number of para-hydroxylation sites is 2. The highest BCUT2D eigenvalue weighted by atomic mass is 15.0. The fraction of sp³-hybridized carbons (Fsp3) is 0. The van der Waals surface area contributed by atoms with Gasteiger partial charge in [-0.3, -0.25) is 0 Å². The minimum atomic E-state index is 1.16. The molecule has 2 aromatic heterocycles. The molecule has 0 aliphatic rings. The first-order chi connectivity index (χ1) is 20.9. The van der Waals surface area contributed by atoms with Gasteiger partial charge in [0.2, 0.25) is 0 Å². The third-order valence-corrected chi connectivity index (χ3v) is 8.69. The van der Waals surface area contributed by atoms with Gasteiger partial charge >= 0.3 is 0 Å². The molecule has 0 aliphatic heterocycles. The van der Waals surface area contributed by atoms with Gasteiger partial charge in [0.15, 0.2) is 0 Å². The van der Waals surface area contributed by atoms with Crippen molar-refractivity contribution >= 4 is 54.3 Å². The maximum absolute atomic E-state index is 2.51. The lowest BCUT2D eigenvalue weighted by Crippen LogP contribution is -1.97. The van der Waals surface area contributed by atoms with Crippen LogP contribution in [0.4, 0.5) is 0 Å². The highest BCUT2D eigenvalue weighted by Gasteiger charge is 2.21. The number of benzene rings is 7. The zero-order valence-electron chi connectivity index (χ0n) is 22.9. The second kappa shape index (κ2) is 8.95. The monoisotopic (exact) mass is 534 g/mol. The van der Waals surface area contributed by atoms with E-state index in [9.17, 15) is 0 Å². The van der Waals surface area contributed by atoms with E-state index in [1.165, 1.54) is 71.2 Å². The van der Waals surface area contributed by atoms with E-state index in [-0.39, 0.29) is 0 Å². The van der Waals surface area contributed by atoms with E-state index in [4.69, 9.17) is 0 Å². The Morgan fingerprint density at radius 3 is 1.79 bits per heavy atom. The SMILES string of the molecule is c1ccc(-c2cc3c(ccc4c5ccccc5n(-c5cc6ccccc6c6ccccc56)c43)n2-c2ccccc2)cc1. The molecule has 0 amide bonds. The van der Waals surface area contributed by atoms with Crippen molar-refractivity contribution in [2.45, 2.75) is 0 Å². The average Bonchev–Trinajstić information content (AvgIpc) is 3.62. The predicted octanol–water partition coefficient (Wildman–Crippen LogP) is 10.7. The largest absolute Gasteiger partial charge is 0.309 e. The molecule has 2 nitrogen and oxygen atoms in total. The van der Waals surface area contributed by atoms with Gasteiger partial charge in [-0.1, -0.05) is 121 Å². The summed E-state index contributed by atoms with van der Waals surface area (Å²) in [5.74, 6) is 0. The van der Waals surface area contributed by atoms with Crippen LogP contribution in [-0.2, 0) is 0 Å². The molecule has 0 atom stereocenters. The standard InChI is InChI=1S/C40H26N2/c1-3-13-27(14-4-1)38-26-35-37(41(38)29-16-5-2-6-17-29)24-23-34-33-21-11-12-22-36(33)42(40(34)35)39-25-28-15-7-8-18-30(28)31-19-9-10-20-32(31)39/h1-26H. The molecule has 0 bridgehead atoms. The van der Waals surface area contributed by atoms with Crippen molar-refractivity contribution in [3.05, 3.63) is 158 Å². The summed E-state index contributed by atoms with van der Waals surface area (Å²) in [6, 6.07) is 57.2. The second-order valence-corrected chi connectivity index (χ2v) is 11.0. The van der Waals surface area contributed by atoms with Crippen molar-refractivity contribution in [2.24, 2.45) is 0 Å². The van der Waals surface area contributed by atoms with Crippen LogP contribution in [0.3, 0.4) is 0 Å². The van der Waals surface area contributed by atoms with Crippen LogP contribution in [-0.4, -0.2) is 9.13 Å². The van der Waals surface area contributed by atoms with Gasteiger partial charge in [-0.15, -0.1) is 0 Å². The Morgan fingerprint density at radius 2 is 0.976 bits per heavy atom. The highest BCUT2D eigenvalue weighted by molar-refractivity contribution is 6.21. The molecule has 0 N–H and O–H groups in total. The number of rotatable bonds is 3. The average molecular weight is 535 g/mol. The van der Waals surface area contributed by atoms with Gasteiger partial charge in [-0.25, -0.2) is 0 Å². The zero-order chi connectivity index (χ0) is 27.6. The van der Waals surface area contributed by atoms with E-state index in [0.29, 0.717) is 0 Å². The number of nitrogens with zero attached hydrogens (tertiary/aromatic N) is 2. The summed E-state index contributed by atoms with van der Waals surface area (Å²) in [4.78, 5) is 0. The number of aromatic nitrogens is 2. The summed E-state index contributed by atoms with van der Waals surface area (Å²) in [5, 5.41) is 8.82. The fourth-order valence-corrected chi connectivity index (χ4v) is 6.89. The van der Waals surface area contributed by atoms with Gasteiger partial charge in [0, 0.05) is 27.2 Å². The lowest BCUT2D eigenvalue weighted by Gasteiger charge is -2.15. The number of hydrogen-bond acceptors (Lipinski definition) is 0. The Hall–Kier alpha value is -5.60. The first-order valence-corrected chi connectivity index (χ1v) is 14.5. The quantitative estimate of drug-likeness (QED) is 0.200. The summed E-state index contributed by atoms with van der Waals surface area (Å²) in [6.45, 7) is 0. The summed E-state index contributed by atoms with van der Waals surface area (Å²) in [7, 11) is 0. The Balaban J connectivity index is 1.50. The molecule has 0 saturated carbocycles. The van der Waals surface area contributed by atoms with E-state index < -0.39 is 0 Å². The molecule has 9 rings (SSSR count). The predicted molar refractivity (Wildman–Crippen MR) is 178 cm³/mol. The van der Waals surface area contributed by atoms with Gasteiger partial charge in [0.25, 0.3) is 0 Å². The van der Waals surface area contributed by atoms with Crippen LogP contribution in [0.5, 0.6) is 0 Å². The summed E-state index contributed by atoms with van der Waals surface area (Å²) in [5.41, 5.74) is 8.40. The summed E-state index contributed by atoms with van der Waals surface area (Å²) in [6.07, 6.45) is 0. The lowest BCUT2D eigenvalue weighted by atomic mass is 10.00. The Kier molecular flexibility index (Phi) is 4.93. The van der Waals surface area contributed by atoms with Crippen LogP contribution in [0.15, 0.2) is 158 Å². The Morgan fingerprint density at radius 1 is 0.357 bits per heavy atom. The molecule has 0 radical (unpaired) electrons. The molecular formula is C40H26N2. The second-order valence-electron chi connectivity index (χ2n) is 11.0. The zero-order valence-corrected chi connectivity index (χ0v) is 22.9. The molecule has 2 heteroatoms. The third-order valence-electron chi connectivity index (χ3n) is 8.69. The Labute approximate surface area is 243 Å². The molecule has 42 heavy (non-hydrogen) atoms. The minimum absolute atomic E-state index is 1.16. The van der Waals surface area contributed by atoms with Crippen molar-refractivity contribution in [2.75, 3.05) is 0 Å². The van der Waals surface area contributed by atoms with Gasteiger partial charge in [0.05, 0.1) is 27.9 Å². The van der Waals surface area contributed by atoms with E-state index in [2.05, 4.69) is 167 Å². The van der Waals surface area contributed by atoms with Crippen molar-refractivity contribution in [3.8, 4) is 22.6 Å². The maximum Gasteiger partial charge on any atom is 0.0635 e. The third kappa shape index (κ3) is 3.27. The number of hydrogen-bond donors (Lipinski definition) is 0. The fourth-order valence-electron chi connectivity index (χ4n) is 6.89. The summed E-state index contributed by atoms with van der Waals surface area (Å²) >= 11 is 0. The van der Waals surface area contributed by atoms with Crippen LogP contribution in [0, 0.1) is 0 Å². The van der Waals surface area contributed by atoms with Crippen LogP contribution >= 0.6 is 0 Å². The van der Waals surface area contributed by atoms with E-state index in [0.717, 1.165) is 5.69 Å². The van der Waals surface area contributed by atoms with Crippen molar-refractivity contribution in [3.63, 3.8) is 0 Å². The van der Waals surface area contributed by atoms with E-state index >= 15 is 0 Å². The number of fused-ring (bicyclic) bond motifs is 8. The van der Waals surface area contributed by atoms with Crippen molar-refractivity contribution in [1.29, 1.82) is 0 Å². The van der Waals surface area contributed by atoms with Crippen LogP contribution < -0.4 is 0 Å². The van der Waals surface area contributed by atoms with Gasteiger partial charge in [-0.2, -0.15) is 0 Å². The molecule has 196 valence electrons. The normalized spacial score (nSPS) is 11.8. The van der Waals surface area contributed by atoms with Crippen molar-refractivity contribution in [1.82, 2.24) is 9.13 Å². The molecule has 0 aliphatic carbocycles. The smallest absolute Gasteiger partial charge is 0.0635 e. The molecular weight excluding hydrogens is 508 g/mol. The van der Waals surface area contributed by atoms with E-state index in [1.807, 2.05) is 0 Å².